The highest BCUT2D eigenvalue weighted by Gasteiger charge is 2.11. The van der Waals surface area contributed by atoms with Crippen molar-refractivity contribution in [1.29, 1.82) is 0 Å². The minimum Gasteiger partial charge on any atom is -0.324 e. The van der Waals surface area contributed by atoms with Crippen molar-refractivity contribution in [2.75, 3.05) is 5.32 Å². The second kappa shape index (κ2) is 5.62. The van der Waals surface area contributed by atoms with E-state index in [0.717, 1.165) is 20.4 Å². The Hall–Kier alpha value is -1.89. The quantitative estimate of drug-likeness (QED) is 0.924. The first-order chi connectivity index (χ1) is 9.38. The second-order valence-corrected chi connectivity index (χ2v) is 5.47. The van der Waals surface area contributed by atoms with E-state index in [0.29, 0.717) is 5.82 Å². The standard InChI is InChI=1S/C13H15BrN4O2/c1-8-6-10(14)4-5-11(8)15-12(19)7-18-13(20)17(3)9(2)16-18/h4-6H,7H2,1-3H3,(H,15,19). The molecule has 0 aliphatic carbocycles. The van der Waals surface area contributed by atoms with Crippen LogP contribution in [0.15, 0.2) is 27.5 Å². The molecule has 2 rings (SSSR count). The van der Waals surface area contributed by atoms with E-state index in [4.69, 9.17) is 0 Å². The van der Waals surface area contributed by atoms with Crippen LogP contribution in [0.2, 0.25) is 0 Å². The summed E-state index contributed by atoms with van der Waals surface area (Å²) in [5, 5.41) is 6.80. The topological polar surface area (TPSA) is 68.9 Å². The molecule has 6 nitrogen and oxygen atoms in total. The number of anilines is 1. The molecule has 1 heterocycles. The zero-order valence-corrected chi connectivity index (χ0v) is 13.1. The van der Waals surface area contributed by atoms with E-state index in [1.807, 2.05) is 25.1 Å². The zero-order valence-electron chi connectivity index (χ0n) is 11.5. The summed E-state index contributed by atoms with van der Waals surface area (Å²) in [6.45, 7) is 3.52. The number of rotatable bonds is 3. The van der Waals surface area contributed by atoms with Gasteiger partial charge in [0.1, 0.15) is 12.4 Å². The Bertz CT molecular complexity index is 718. The molecule has 2 aromatic rings. The van der Waals surface area contributed by atoms with Crippen molar-refractivity contribution in [1.82, 2.24) is 14.3 Å². The summed E-state index contributed by atoms with van der Waals surface area (Å²) >= 11 is 3.37. The molecule has 7 heteroatoms. The van der Waals surface area contributed by atoms with Gasteiger partial charge in [0, 0.05) is 17.2 Å². The number of aromatic nitrogens is 3. The third-order valence-electron chi connectivity index (χ3n) is 3.01. The molecule has 0 atom stereocenters. The highest BCUT2D eigenvalue weighted by atomic mass is 79.9. The molecule has 0 unspecified atom stereocenters. The molecular formula is C13H15BrN4O2. The Kier molecular flexibility index (Phi) is 4.08. The summed E-state index contributed by atoms with van der Waals surface area (Å²) in [6, 6.07) is 5.57. The van der Waals surface area contributed by atoms with Crippen LogP contribution in [0.4, 0.5) is 5.69 Å². The van der Waals surface area contributed by atoms with Crippen molar-refractivity contribution in [3.63, 3.8) is 0 Å². The van der Waals surface area contributed by atoms with Crippen LogP contribution in [0.3, 0.4) is 0 Å². The van der Waals surface area contributed by atoms with Gasteiger partial charge in [-0.1, -0.05) is 15.9 Å². The molecule has 0 radical (unpaired) electrons. The molecule has 1 aromatic carbocycles. The number of benzene rings is 1. The molecular weight excluding hydrogens is 324 g/mol. The predicted molar refractivity (Wildman–Crippen MR) is 79.7 cm³/mol. The van der Waals surface area contributed by atoms with Crippen molar-refractivity contribution in [3.05, 3.63) is 44.5 Å². The Morgan fingerprint density at radius 1 is 1.40 bits per heavy atom. The van der Waals surface area contributed by atoms with Crippen LogP contribution >= 0.6 is 15.9 Å². The van der Waals surface area contributed by atoms with Crippen LogP contribution in [0.5, 0.6) is 0 Å². The summed E-state index contributed by atoms with van der Waals surface area (Å²) in [4.78, 5) is 23.7. The minimum absolute atomic E-state index is 0.101. The Morgan fingerprint density at radius 2 is 2.10 bits per heavy atom. The number of nitrogens with zero attached hydrogens (tertiary/aromatic N) is 3. The van der Waals surface area contributed by atoms with E-state index >= 15 is 0 Å². The molecule has 20 heavy (non-hydrogen) atoms. The summed E-state index contributed by atoms with van der Waals surface area (Å²) < 4.78 is 3.50. The number of amides is 1. The van der Waals surface area contributed by atoms with Crippen LogP contribution in [0, 0.1) is 13.8 Å². The molecule has 0 spiro atoms. The van der Waals surface area contributed by atoms with E-state index in [2.05, 4.69) is 26.3 Å². The molecule has 0 aliphatic rings. The van der Waals surface area contributed by atoms with Crippen LogP contribution in [0.25, 0.3) is 0 Å². The fraction of sp³-hybridized carbons (Fsp3) is 0.308. The maximum Gasteiger partial charge on any atom is 0.346 e. The van der Waals surface area contributed by atoms with Crippen LogP contribution in [0.1, 0.15) is 11.4 Å². The molecule has 0 saturated carbocycles. The zero-order chi connectivity index (χ0) is 14.9. The van der Waals surface area contributed by atoms with Gasteiger partial charge >= 0.3 is 5.69 Å². The third kappa shape index (κ3) is 2.98. The molecule has 106 valence electrons. The van der Waals surface area contributed by atoms with E-state index in [9.17, 15) is 9.59 Å². The van der Waals surface area contributed by atoms with Crippen LogP contribution in [-0.4, -0.2) is 20.3 Å². The van der Waals surface area contributed by atoms with E-state index in [1.165, 1.54) is 4.57 Å². The van der Waals surface area contributed by atoms with Crippen molar-refractivity contribution >= 4 is 27.5 Å². The van der Waals surface area contributed by atoms with Gasteiger partial charge in [-0.15, -0.1) is 0 Å². The molecule has 1 amide bonds. The first-order valence-corrected chi connectivity index (χ1v) is 6.84. The van der Waals surface area contributed by atoms with Gasteiger partial charge in [0.15, 0.2) is 0 Å². The predicted octanol–water partition coefficient (Wildman–Crippen LogP) is 1.60. The van der Waals surface area contributed by atoms with Gasteiger partial charge in [-0.3, -0.25) is 9.36 Å². The van der Waals surface area contributed by atoms with Gasteiger partial charge in [-0.2, -0.15) is 5.10 Å². The van der Waals surface area contributed by atoms with E-state index in [-0.39, 0.29) is 18.1 Å². The second-order valence-electron chi connectivity index (χ2n) is 4.55. The minimum atomic E-state index is -0.301. The smallest absolute Gasteiger partial charge is 0.324 e. The average molecular weight is 339 g/mol. The van der Waals surface area contributed by atoms with E-state index in [1.54, 1.807) is 14.0 Å². The highest BCUT2D eigenvalue weighted by Crippen LogP contribution is 2.19. The first-order valence-electron chi connectivity index (χ1n) is 6.05. The van der Waals surface area contributed by atoms with Crippen LogP contribution < -0.4 is 11.0 Å². The van der Waals surface area contributed by atoms with Gasteiger partial charge in [0.25, 0.3) is 0 Å². The number of nitrogens with one attached hydrogen (secondary N) is 1. The lowest BCUT2D eigenvalue weighted by atomic mass is 10.2. The van der Waals surface area contributed by atoms with Crippen molar-refractivity contribution in [2.45, 2.75) is 20.4 Å². The summed E-state index contributed by atoms with van der Waals surface area (Å²) in [5.74, 6) is 0.290. The fourth-order valence-corrected chi connectivity index (χ4v) is 2.27. The summed E-state index contributed by atoms with van der Waals surface area (Å²) in [7, 11) is 1.62. The van der Waals surface area contributed by atoms with Gasteiger partial charge in [0.2, 0.25) is 5.91 Å². The number of halogens is 1. The highest BCUT2D eigenvalue weighted by molar-refractivity contribution is 9.10. The van der Waals surface area contributed by atoms with Gasteiger partial charge < -0.3 is 5.32 Å². The lowest BCUT2D eigenvalue weighted by Crippen LogP contribution is -2.29. The number of hydrogen-bond acceptors (Lipinski definition) is 3. The molecule has 1 N–H and O–H groups in total. The Morgan fingerprint density at radius 3 is 2.65 bits per heavy atom. The number of carbonyl (C=O) groups excluding carboxylic acids is 1. The number of carbonyl (C=O) groups is 1. The fourth-order valence-electron chi connectivity index (χ4n) is 1.79. The SMILES string of the molecule is Cc1cc(Br)ccc1NC(=O)Cn1nc(C)n(C)c1=O. The van der Waals surface area contributed by atoms with Gasteiger partial charge in [-0.05, 0) is 37.6 Å². The Balaban J connectivity index is 2.13. The average Bonchev–Trinajstić information content (AvgIpc) is 2.61. The number of hydrogen-bond donors (Lipinski definition) is 1. The summed E-state index contributed by atoms with van der Waals surface area (Å²) in [5.41, 5.74) is 1.36. The van der Waals surface area contributed by atoms with Crippen molar-refractivity contribution in [3.8, 4) is 0 Å². The van der Waals surface area contributed by atoms with E-state index < -0.39 is 0 Å². The normalized spacial score (nSPS) is 10.6. The molecule has 0 fully saturated rings. The number of aryl methyl sites for hydroxylation is 2. The lowest BCUT2D eigenvalue weighted by Gasteiger charge is -2.08. The van der Waals surface area contributed by atoms with Gasteiger partial charge in [0.05, 0.1) is 0 Å². The maximum absolute atomic E-state index is 12.0. The molecule has 0 aliphatic heterocycles. The third-order valence-corrected chi connectivity index (χ3v) is 3.51. The summed E-state index contributed by atoms with van der Waals surface area (Å²) in [6.07, 6.45) is 0. The first kappa shape index (κ1) is 14.5. The molecule has 0 saturated heterocycles. The largest absolute Gasteiger partial charge is 0.346 e. The van der Waals surface area contributed by atoms with Gasteiger partial charge in [-0.25, -0.2) is 9.48 Å². The molecule has 1 aromatic heterocycles. The lowest BCUT2D eigenvalue weighted by molar-refractivity contribution is -0.117. The monoisotopic (exact) mass is 338 g/mol. The maximum atomic E-state index is 12.0. The molecule has 0 bridgehead atoms. The van der Waals surface area contributed by atoms with Crippen LogP contribution in [-0.2, 0) is 18.4 Å². The Labute approximate surface area is 124 Å². The van der Waals surface area contributed by atoms with Crippen molar-refractivity contribution < 1.29 is 4.79 Å². The van der Waals surface area contributed by atoms with Crippen molar-refractivity contribution in [2.24, 2.45) is 7.05 Å².